The van der Waals surface area contributed by atoms with E-state index in [1.165, 1.54) is 0 Å². The molecule has 0 saturated carbocycles. The van der Waals surface area contributed by atoms with Gasteiger partial charge in [-0.2, -0.15) is 5.10 Å². The Hall–Kier alpha value is -1.30. The summed E-state index contributed by atoms with van der Waals surface area (Å²) in [4.78, 5) is 11.9. The van der Waals surface area contributed by atoms with E-state index >= 15 is 0 Å². The minimum atomic E-state index is -1.24. The van der Waals surface area contributed by atoms with Crippen LogP contribution in [0.4, 0.5) is 11.6 Å². The average molecular weight is 238 g/mol. The lowest BCUT2D eigenvalue weighted by Crippen LogP contribution is -2.35. The van der Waals surface area contributed by atoms with E-state index in [2.05, 4.69) is 35.2 Å². The zero-order chi connectivity index (χ0) is 11.9. The third-order valence-electron chi connectivity index (χ3n) is 2.82. The van der Waals surface area contributed by atoms with Crippen molar-refractivity contribution in [1.82, 2.24) is 10.2 Å². The van der Waals surface area contributed by atoms with Gasteiger partial charge in [-0.15, -0.1) is 0 Å². The number of aromatic nitrogens is 2. The number of rotatable bonds is 2. The van der Waals surface area contributed by atoms with Crippen molar-refractivity contribution in [3.8, 4) is 0 Å². The topological polar surface area (TPSA) is 83.8 Å². The monoisotopic (exact) mass is 238 g/mol. The lowest BCUT2D eigenvalue weighted by atomic mass is 9.98. The van der Waals surface area contributed by atoms with Crippen LogP contribution in [0, 0.1) is 5.92 Å². The van der Waals surface area contributed by atoms with E-state index in [-0.39, 0.29) is 11.8 Å². The fourth-order valence-electron chi connectivity index (χ4n) is 2.15. The lowest BCUT2D eigenvalue weighted by molar-refractivity contribution is -0.119. The molecule has 1 atom stereocenters. The normalized spacial score (nSPS) is 20.4. The quantitative estimate of drug-likeness (QED) is 0.682. The van der Waals surface area contributed by atoms with Crippen LogP contribution in [0.15, 0.2) is 0 Å². The van der Waals surface area contributed by atoms with E-state index in [9.17, 15) is 4.79 Å². The molecule has 0 bridgehead atoms. The largest absolute Gasteiger partial charge is 0.384 e. The van der Waals surface area contributed by atoms with Crippen molar-refractivity contribution in [2.75, 3.05) is 11.1 Å². The van der Waals surface area contributed by atoms with Gasteiger partial charge in [-0.25, -0.2) is 0 Å². The molecule has 1 aliphatic rings. The summed E-state index contributed by atoms with van der Waals surface area (Å²) >= 11 is 0. The molecule has 0 radical (unpaired) electrons. The Morgan fingerprint density at radius 2 is 2.19 bits per heavy atom. The van der Waals surface area contributed by atoms with Crippen LogP contribution in [-0.2, 0) is 11.2 Å². The van der Waals surface area contributed by atoms with Gasteiger partial charge in [0, 0.05) is 19.6 Å². The predicted molar refractivity (Wildman–Crippen MR) is 67.0 cm³/mol. The fourth-order valence-corrected chi connectivity index (χ4v) is 3.96. The number of nitrogens with zero attached hydrogens (tertiary/aromatic N) is 1. The molecular formula is C10H18N4OSi. The molecule has 88 valence electrons. The first kappa shape index (κ1) is 11.2. The first-order chi connectivity index (χ1) is 7.37. The van der Waals surface area contributed by atoms with E-state index in [4.69, 9.17) is 5.73 Å². The summed E-state index contributed by atoms with van der Waals surface area (Å²) in [6.07, 6.45) is 0.716. The summed E-state index contributed by atoms with van der Waals surface area (Å²) in [5.74, 6) is 1.32. The molecule has 2 heterocycles. The molecular weight excluding hydrogens is 220 g/mol. The van der Waals surface area contributed by atoms with Crippen LogP contribution < -0.4 is 11.1 Å². The highest BCUT2D eigenvalue weighted by atomic mass is 28.3. The number of carbonyl (C=O) groups excluding carboxylic acids is 1. The Bertz CT molecular complexity index is 421. The van der Waals surface area contributed by atoms with Crippen molar-refractivity contribution < 1.29 is 4.79 Å². The Kier molecular flexibility index (Phi) is 2.53. The zero-order valence-electron chi connectivity index (χ0n) is 9.92. The molecule has 1 aromatic rings. The number of anilines is 2. The van der Waals surface area contributed by atoms with E-state index in [0.717, 1.165) is 11.6 Å². The number of carbonyl (C=O) groups is 1. The molecule has 0 spiro atoms. The third kappa shape index (κ3) is 2.11. The van der Waals surface area contributed by atoms with Crippen LogP contribution in [0.25, 0.3) is 0 Å². The Morgan fingerprint density at radius 1 is 1.50 bits per heavy atom. The second kappa shape index (κ2) is 3.62. The Labute approximate surface area is 95.8 Å². The number of nitrogen functional groups attached to an aromatic ring is 1. The molecule has 0 saturated heterocycles. The first-order valence-electron chi connectivity index (χ1n) is 5.50. The van der Waals surface area contributed by atoms with Crippen molar-refractivity contribution in [2.45, 2.75) is 32.1 Å². The van der Waals surface area contributed by atoms with Crippen LogP contribution in [0.3, 0.4) is 0 Å². The molecule has 0 aliphatic carbocycles. The minimum Gasteiger partial charge on any atom is -0.384 e. The number of H-pyrrole nitrogens is 1. The van der Waals surface area contributed by atoms with Crippen LogP contribution >= 0.6 is 0 Å². The number of amides is 1. The predicted octanol–water partition coefficient (Wildman–Crippen LogP) is 1.44. The SMILES string of the molecule is C[Si](C)(C)CC1Cc2c(n[nH]c2N)NC1=O. The molecule has 16 heavy (non-hydrogen) atoms. The molecule has 0 fully saturated rings. The highest BCUT2D eigenvalue weighted by Crippen LogP contribution is 2.31. The van der Waals surface area contributed by atoms with Gasteiger partial charge in [-0.1, -0.05) is 19.6 Å². The molecule has 2 rings (SSSR count). The Morgan fingerprint density at radius 3 is 2.81 bits per heavy atom. The number of hydrogen-bond acceptors (Lipinski definition) is 3. The van der Waals surface area contributed by atoms with Gasteiger partial charge >= 0.3 is 0 Å². The summed E-state index contributed by atoms with van der Waals surface area (Å²) in [7, 11) is -1.24. The summed E-state index contributed by atoms with van der Waals surface area (Å²) < 4.78 is 0. The molecule has 1 amide bonds. The van der Waals surface area contributed by atoms with Crippen molar-refractivity contribution in [3.05, 3.63) is 5.56 Å². The number of nitrogens with one attached hydrogen (secondary N) is 2. The minimum absolute atomic E-state index is 0.0547. The van der Waals surface area contributed by atoms with Crippen molar-refractivity contribution in [3.63, 3.8) is 0 Å². The average Bonchev–Trinajstić information content (AvgIpc) is 2.46. The standard InChI is InChI=1S/C10H18N4OSi/c1-16(2,3)5-6-4-7-8(11)13-14-9(7)12-10(6)15/h6H,4-5H2,1-3H3,(H4,11,12,13,14,15). The van der Waals surface area contributed by atoms with E-state index in [1.54, 1.807) is 0 Å². The Balaban J connectivity index is 2.20. The smallest absolute Gasteiger partial charge is 0.228 e. The first-order valence-corrected chi connectivity index (χ1v) is 9.21. The van der Waals surface area contributed by atoms with Crippen molar-refractivity contribution >= 4 is 25.6 Å². The van der Waals surface area contributed by atoms with E-state index in [1.807, 2.05) is 0 Å². The maximum absolute atomic E-state index is 11.9. The maximum atomic E-state index is 11.9. The van der Waals surface area contributed by atoms with Crippen molar-refractivity contribution in [1.29, 1.82) is 0 Å². The maximum Gasteiger partial charge on any atom is 0.228 e. The third-order valence-corrected chi connectivity index (χ3v) is 4.54. The molecule has 1 aromatic heterocycles. The van der Waals surface area contributed by atoms with Crippen LogP contribution in [0.2, 0.25) is 25.7 Å². The highest BCUT2D eigenvalue weighted by molar-refractivity contribution is 6.76. The second-order valence-electron chi connectivity index (χ2n) is 5.62. The fraction of sp³-hybridized carbons (Fsp3) is 0.600. The molecule has 1 unspecified atom stereocenters. The zero-order valence-corrected chi connectivity index (χ0v) is 10.9. The van der Waals surface area contributed by atoms with Crippen molar-refractivity contribution in [2.24, 2.45) is 5.92 Å². The van der Waals surface area contributed by atoms with E-state index < -0.39 is 8.07 Å². The summed E-state index contributed by atoms with van der Waals surface area (Å²) in [5.41, 5.74) is 6.74. The molecule has 6 heteroatoms. The number of nitrogens with two attached hydrogens (primary N) is 1. The van der Waals surface area contributed by atoms with Crippen LogP contribution in [0.5, 0.6) is 0 Å². The van der Waals surface area contributed by atoms with Gasteiger partial charge in [0.2, 0.25) is 5.91 Å². The van der Waals surface area contributed by atoms with Gasteiger partial charge in [-0.3, -0.25) is 9.89 Å². The van der Waals surface area contributed by atoms with E-state index in [0.29, 0.717) is 18.1 Å². The molecule has 1 aliphatic heterocycles. The van der Waals surface area contributed by atoms with Gasteiger partial charge in [-0.05, 0) is 12.5 Å². The van der Waals surface area contributed by atoms with Gasteiger partial charge in [0.25, 0.3) is 0 Å². The van der Waals surface area contributed by atoms with Gasteiger partial charge < -0.3 is 11.1 Å². The summed E-state index contributed by atoms with van der Waals surface area (Å²) in [6.45, 7) is 6.82. The van der Waals surface area contributed by atoms with Crippen LogP contribution in [-0.4, -0.2) is 24.2 Å². The highest BCUT2D eigenvalue weighted by Gasteiger charge is 2.32. The molecule has 0 aromatic carbocycles. The molecule has 4 N–H and O–H groups in total. The number of hydrogen-bond donors (Lipinski definition) is 3. The van der Waals surface area contributed by atoms with Gasteiger partial charge in [0.1, 0.15) is 5.82 Å². The van der Waals surface area contributed by atoms with Gasteiger partial charge in [0.15, 0.2) is 5.82 Å². The summed E-state index contributed by atoms with van der Waals surface area (Å²) in [5, 5.41) is 9.49. The lowest BCUT2D eigenvalue weighted by Gasteiger charge is -2.26. The molecule has 5 nitrogen and oxygen atoms in total. The van der Waals surface area contributed by atoms with Crippen LogP contribution in [0.1, 0.15) is 5.56 Å². The second-order valence-corrected chi connectivity index (χ2v) is 11.1. The number of aromatic amines is 1. The summed E-state index contributed by atoms with van der Waals surface area (Å²) in [6, 6.07) is 0.989. The van der Waals surface area contributed by atoms with Gasteiger partial charge in [0.05, 0.1) is 0 Å². The number of fused-ring (bicyclic) bond motifs is 1.